The highest BCUT2D eigenvalue weighted by atomic mass is 16.1. The lowest BCUT2D eigenvalue weighted by atomic mass is 9.68. The van der Waals surface area contributed by atoms with E-state index in [1.54, 1.807) is 0 Å². The van der Waals surface area contributed by atoms with Crippen LogP contribution in [0.4, 0.5) is 0 Å². The summed E-state index contributed by atoms with van der Waals surface area (Å²) in [4.78, 5) is 11.0. The molecule has 0 heterocycles. The molecule has 1 fully saturated rings. The van der Waals surface area contributed by atoms with E-state index in [0.717, 1.165) is 6.42 Å². The summed E-state index contributed by atoms with van der Waals surface area (Å²) in [7, 11) is 0. The predicted octanol–water partition coefficient (Wildman–Crippen LogP) is 1.54. The Bertz CT molecular complexity index is 169. The van der Waals surface area contributed by atoms with Gasteiger partial charge in [-0.25, -0.2) is 0 Å². The molecule has 2 aliphatic rings. The number of hydrogen-bond acceptors (Lipinski definition) is 1. The van der Waals surface area contributed by atoms with Crippen LogP contribution in [0.1, 0.15) is 19.3 Å². The molecule has 0 aromatic rings. The molecule has 2 atom stereocenters. The number of carbonyl (C=O) groups excluding carboxylic acids is 1. The van der Waals surface area contributed by atoms with Gasteiger partial charge in [0.15, 0.2) is 0 Å². The quantitative estimate of drug-likeness (QED) is 0.445. The number of carbonyl (C=O) groups is 1. The number of allylic oxidation sites excluding steroid dienone is 2. The molecule has 1 nitrogen and oxygen atoms in total. The molecule has 9 heavy (non-hydrogen) atoms. The molecule has 0 amide bonds. The zero-order valence-corrected chi connectivity index (χ0v) is 5.34. The number of ketones is 1. The molecule has 48 valence electrons. The molecule has 0 saturated heterocycles. The van der Waals surface area contributed by atoms with E-state index >= 15 is 0 Å². The molecule has 0 spiro atoms. The lowest BCUT2D eigenvalue weighted by Gasteiger charge is -2.35. The summed E-state index contributed by atoms with van der Waals surface area (Å²) in [5, 5.41) is 0. The Hall–Kier alpha value is -0.590. The van der Waals surface area contributed by atoms with Gasteiger partial charge < -0.3 is 0 Å². The van der Waals surface area contributed by atoms with Crippen LogP contribution in [0.25, 0.3) is 0 Å². The molecule has 0 aromatic carbocycles. The fourth-order valence-corrected chi connectivity index (χ4v) is 1.67. The van der Waals surface area contributed by atoms with Crippen LogP contribution in [-0.4, -0.2) is 5.78 Å². The van der Waals surface area contributed by atoms with Gasteiger partial charge in [-0.05, 0) is 18.8 Å². The Labute approximate surface area is 54.8 Å². The minimum atomic E-state index is 0.426. The van der Waals surface area contributed by atoms with Crippen LogP contribution in [0.5, 0.6) is 0 Å². The average Bonchev–Trinajstić information content (AvgIpc) is 1.74. The van der Waals surface area contributed by atoms with E-state index in [1.165, 1.54) is 6.42 Å². The number of rotatable bonds is 0. The number of fused-ring (bicyclic) bond motifs is 1. The van der Waals surface area contributed by atoms with Gasteiger partial charge in [0, 0.05) is 12.3 Å². The van der Waals surface area contributed by atoms with Crippen LogP contribution >= 0.6 is 0 Å². The van der Waals surface area contributed by atoms with Gasteiger partial charge in [0.05, 0.1) is 0 Å². The smallest absolute Gasteiger partial charge is 0.140 e. The van der Waals surface area contributed by atoms with Crippen molar-refractivity contribution >= 4 is 5.78 Å². The third-order valence-corrected chi connectivity index (χ3v) is 2.44. The highest BCUT2D eigenvalue weighted by Crippen LogP contribution is 2.39. The van der Waals surface area contributed by atoms with Crippen LogP contribution < -0.4 is 0 Å². The second-order valence-electron chi connectivity index (χ2n) is 2.95. The third-order valence-electron chi connectivity index (χ3n) is 2.44. The molecule has 0 aliphatic heterocycles. The monoisotopic (exact) mass is 122 g/mol. The first-order valence-corrected chi connectivity index (χ1v) is 3.57. The molecule has 0 radical (unpaired) electrons. The Morgan fingerprint density at radius 1 is 1.44 bits per heavy atom. The largest absolute Gasteiger partial charge is 0.299 e. The zero-order chi connectivity index (χ0) is 6.27. The van der Waals surface area contributed by atoms with Crippen LogP contribution in [-0.2, 0) is 4.79 Å². The molecule has 1 heteroatoms. The van der Waals surface area contributed by atoms with E-state index in [0.29, 0.717) is 24.0 Å². The topological polar surface area (TPSA) is 17.1 Å². The Morgan fingerprint density at radius 3 is 2.78 bits per heavy atom. The molecule has 0 bridgehead atoms. The Kier molecular flexibility index (Phi) is 0.981. The number of Topliss-reactive ketones (excluding diaryl/α,β-unsaturated/α-hetero) is 1. The molecule has 0 N–H and O–H groups in total. The van der Waals surface area contributed by atoms with Crippen molar-refractivity contribution in [3.63, 3.8) is 0 Å². The summed E-state index contributed by atoms with van der Waals surface area (Å²) < 4.78 is 0. The molecule has 0 unspecified atom stereocenters. The molecular weight excluding hydrogens is 112 g/mol. The SMILES string of the molecule is O=C1CC=C[C@@H]2CC[C@H]12. The first-order chi connectivity index (χ1) is 4.38. The van der Waals surface area contributed by atoms with E-state index in [1.807, 2.05) is 6.08 Å². The van der Waals surface area contributed by atoms with Crippen LogP contribution in [0.3, 0.4) is 0 Å². The van der Waals surface area contributed by atoms with Crippen molar-refractivity contribution in [2.45, 2.75) is 19.3 Å². The van der Waals surface area contributed by atoms with Gasteiger partial charge in [0.2, 0.25) is 0 Å². The van der Waals surface area contributed by atoms with Gasteiger partial charge in [0.25, 0.3) is 0 Å². The highest BCUT2D eigenvalue weighted by molar-refractivity contribution is 5.84. The molecular formula is C8H10O. The van der Waals surface area contributed by atoms with E-state index in [9.17, 15) is 4.79 Å². The van der Waals surface area contributed by atoms with Crippen LogP contribution in [0, 0.1) is 11.8 Å². The first-order valence-electron chi connectivity index (χ1n) is 3.57. The molecule has 0 aromatic heterocycles. The summed E-state index contributed by atoms with van der Waals surface area (Å²) in [6, 6.07) is 0. The second kappa shape index (κ2) is 1.69. The minimum Gasteiger partial charge on any atom is -0.299 e. The van der Waals surface area contributed by atoms with Crippen molar-refractivity contribution in [1.82, 2.24) is 0 Å². The zero-order valence-electron chi connectivity index (χ0n) is 5.34. The molecule has 1 saturated carbocycles. The van der Waals surface area contributed by atoms with Crippen molar-refractivity contribution in [2.24, 2.45) is 11.8 Å². The van der Waals surface area contributed by atoms with Gasteiger partial charge in [0.1, 0.15) is 5.78 Å². The van der Waals surface area contributed by atoms with E-state index < -0.39 is 0 Å². The Balaban J connectivity index is 2.20. The standard InChI is InChI=1S/C8H10O/c9-8-3-1-2-6-4-5-7(6)8/h1-2,6-7H,3-5H2/t6-,7+/m1/s1. The number of hydrogen-bond donors (Lipinski definition) is 0. The van der Waals surface area contributed by atoms with Gasteiger partial charge in [-0.2, -0.15) is 0 Å². The first kappa shape index (κ1) is 5.21. The summed E-state index contributed by atoms with van der Waals surface area (Å²) >= 11 is 0. The Morgan fingerprint density at radius 2 is 2.33 bits per heavy atom. The lowest BCUT2D eigenvalue weighted by Crippen LogP contribution is -2.33. The van der Waals surface area contributed by atoms with Crippen molar-refractivity contribution in [3.05, 3.63) is 12.2 Å². The van der Waals surface area contributed by atoms with Crippen molar-refractivity contribution < 1.29 is 4.79 Å². The normalized spacial score (nSPS) is 39.8. The minimum absolute atomic E-state index is 0.426. The van der Waals surface area contributed by atoms with Gasteiger partial charge in [-0.3, -0.25) is 4.79 Å². The summed E-state index contributed by atoms with van der Waals surface area (Å²) in [6.45, 7) is 0. The van der Waals surface area contributed by atoms with E-state index in [2.05, 4.69) is 6.08 Å². The van der Waals surface area contributed by atoms with Crippen molar-refractivity contribution in [3.8, 4) is 0 Å². The lowest BCUT2D eigenvalue weighted by molar-refractivity contribution is -0.126. The maximum absolute atomic E-state index is 11.0. The van der Waals surface area contributed by atoms with Gasteiger partial charge >= 0.3 is 0 Å². The van der Waals surface area contributed by atoms with Gasteiger partial charge in [-0.15, -0.1) is 0 Å². The highest BCUT2D eigenvalue weighted by Gasteiger charge is 2.35. The maximum atomic E-state index is 11.0. The molecule has 2 rings (SSSR count). The third kappa shape index (κ3) is 0.640. The summed E-state index contributed by atoms with van der Waals surface area (Å²) in [5.41, 5.74) is 0. The fraction of sp³-hybridized carbons (Fsp3) is 0.625. The van der Waals surface area contributed by atoms with Crippen LogP contribution in [0.2, 0.25) is 0 Å². The van der Waals surface area contributed by atoms with E-state index in [-0.39, 0.29) is 0 Å². The van der Waals surface area contributed by atoms with Crippen molar-refractivity contribution in [1.29, 1.82) is 0 Å². The summed E-state index contributed by atoms with van der Waals surface area (Å²) in [6.07, 6.45) is 7.31. The second-order valence-corrected chi connectivity index (χ2v) is 2.95. The maximum Gasteiger partial charge on any atom is 0.140 e. The van der Waals surface area contributed by atoms with Gasteiger partial charge in [-0.1, -0.05) is 12.2 Å². The van der Waals surface area contributed by atoms with Crippen LogP contribution in [0.15, 0.2) is 12.2 Å². The summed E-state index contributed by atoms with van der Waals surface area (Å²) in [5.74, 6) is 1.52. The van der Waals surface area contributed by atoms with E-state index in [4.69, 9.17) is 0 Å². The predicted molar refractivity (Wildman–Crippen MR) is 35.0 cm³/mol. The fourth-order valence-electron chi connectivity index (χ4n) is 1.67. The van der Waals surface area contributed by atoms with Crippen molar-refractivity contribution in [2.75, 3.05) is 0 Å². The molecule has 2 aliphatic carbocycles. The average molecular weight is 122 g/mol.